The zero-order valence-corrected chi connectivity index (χ0v) is 15.1. The van der Waals surface area contributed by atoms with Gasteiger partial charge in [0.05, 0.1) is 5.92 Å². The van der Waals surface area contributed by atoms with Gasteiger partial charge < -0.3 is 15.0 Å². The quantitative estimate of drug-likeness (QED) is 0.822. The van der Waals surface area contributed by atoms with Crippen LogP contribution in [0.3, 0.4) is 0 Å². The zero-order valence-electron chi connectivity index (χ0n) is 15.1. The highest BCUT2D eigenvalue weighted by atomic mass is 16.4. The first-order valence-corrected chi connectivity index (χ1v) is 8.96. The van der Waals surface area contributed by atoms with Crippen LogP contribution in [0.15, 0.2) is 29.3 Å². The first kappa shape index (κ1) is 18.8. The van der Waals surface area contributed by atoms with Crippen LogP contribution in [0.2, 0.25) is 0 Å². The fraction of sp³-hybridized carbons (Fsp3) is 0.421. The zero-order chi connectivity index (χ0) is 19.4. The average Bonchev–Trinajstić information content (AvgIpc) is 2.67. The number of hydrogen-bond acceptors (Lipinski definition) is 5. The molecule has 3 rings (SSSR count). The summed E-state index contributed by atoms with van der Waals surface area (Å²) < 4.78 is 0. The second-order valence-corrected chi connectivity index (χ2v) is 6.74. The summed E-state index contributed by atoms with van der Waals surface area (Å²) in [5, 5.41) is 9.14. The Balaban J connectivity index is 1.68. The number of rotatable bonds is 5. The molecule has 0 aromatic carbocycles. The van der Waals surface area contributed by atoms with Crippen molar-refractivity contribution in [1.82, 2.24) is 19.9 Å². The summed E-state index contributed by atoms with van der Waals surface area (Å²) in [6, 6.07) is 3.57. The normalized spacial score (nSPS) is 16.9. The molecule has 0 bridgehead atoms. The number of carboxylic acids is 1. The summed E-state index contributed by atoms with van der Waals surface area (Å²) in [5.41, 5.74) is 1.50. The highest BCUT2D eigenvalue weighted by Crippen LogP contribution is 2.18. The summed E-state index contributed by atoms with van der Waals surface area (Å²) in [5.74, 6) is -1.06. The molecule has 8 nitrogen and oxygen atoms in total. The third-order valence-corrected chi connectivity index (χ3v) is 4.87. The van der Waals surface area contributed by atoms with E-state index in [0.717, 1.165) is 0 Å². The molecule has 1 fully saturated rings. The Labute approximate surface area is 156 Å². The molecule has 2 aromatic rings. The number of H-pyrrole nitrogens is 1. The molecular formula is C19H22N4O4. The van der Waals surface area contributed by atoms with Gasteiger partial charge in [-0.2, -0.15) is 0 Å². The van der Waals surface area contributed by atoms with Gasteiger partial charge in [-0.15, -0.1) is 0 Å². The SMILES string of the molecule is Cc1nc(-c2cccnc2)[nH]c(=O)c1CCC(=O)N1CCCC(C(=O)O)C1. The van der Waals surface area contributed by atoms with Crippen molar-refractivity contribution in [2.24, 2.45) is 5.92 Å². The Bertz CT molecular complexity index is 894. The number of aromatic amines is 1. The molecule has 0 spiro atoms. The van der Waals surface area contributed by atoms with Gasteiger partial charge in [0.1, 0.15) is 5.82 Å². The number of aryl methyl sites for hydroxylation is 1. The number of carbonyl (C=O) groups is 2. The van der Waals surface area contributed by atoms with Crippen molar-refractivity contribution >= 4 is 11.9 Å². The van der Waals surface area contributed by atoms with Crippen LogP contribution in [0.25, 0.3) is 11.4 Å². The first-order chi connectivity index (χ1) is 13.0. The molecule has 0 saturated carbocycles. The van der Waals surface area contributed by atoms with Crippen LogP contribution < -0.4 is 5.56 Å². The van der Waals surface area contributed by atoms with Crippen LogP contribution in [0.1, 0.15) is 30.5 Å². The molecule has 142 valence electrons. The van der Waals surface area contributed by atoms with E-state index in [2.05, 4.69) is 15.0 Å². The number of piperidine rings is 1. The lowest BCUT2D eigenvalue weighted by atomic mass is 9.97. The van der Waals surface area contributed by atoms with Crippen molar-refractivity contribution in [1.29, 1.82) is 0 Å². The standard InChI is InChI=1S/C19H22N4O4/c1-12-15(18(25)22-17(21-12)13-4-2-8-20-10-13)6-7-16(24)23-9-3-5-14(11-23)19(26)27/h2,4,8,10,14H,3,5-7,9,11H2,1H3,(H,26,27)(H,21,22,25). The van der Waals surface area contributed by atoms with Crippen molar-refractivity contribution in [3.8, 4) is 11.4 Å². The number of aliphatic carboxylic acids is 1. The molecule has 0 radical (unpaired) electrons. The van der Waals surface area contributed by atoms with E-state index in [0.29, 0.717) is 42.0 Å². The molecule has 2 aromatic heterocycles. The van der Waals surface area contributed by atoms with Crippen molar-refractivity contribution < 1.29 is 14.7 Å². The van der Waals surface area contributed by atoms with Crippen molar-refractivity contribution in [3.63, 3.8) is 0 Å². The number of amides is 1. The van der Waals surface area contributed by atoms with E-state index in [1.807, 2.05) is 6.07 Å². The number of hydrogen-bond donors (Lipinski definition) is 2. The highest BCUT2D eigenvalue weighted by Gasteiger charge is 2.28. The Kier molecular flexibility index (Phi) is 5.63. The molecule has 3 heterocycles. The number of likely N-dealkylation sites (tertiary alicyclic amines) is 1. The summed E-state index contributed by atoms with van der Waals surface area (Å²) in [7, 11) is 0. The van der Waals surface area contributed by atoms with E-state index in [1.54, 1.807) is 30.3 Å². The minimum Gasteiger partial charge on any atom is -0.481 e. The van der Waals surface area contributed by atoms with Crippen LogP contribution in [0.4, 0.5) is 0 Å². The van der Waals surface area contributed by atoms with Crippen molar-refractivity contribution in [3.05, 3.63) is 46.1 Å². The predicted molar refractivity (Wildman–Crippen MR) is 98.1 cm³/mol. The van der Waals surface area contributed by atoms with E-state index in [-0.39, 0.29) is 30.9 Å². The largest absolute Gasteiger partial charge is 0.481 e. The molecule has 1 saturated heterocycles. The second-order valence-electron chi connectivity index (χ2n) is 6.74. The average molecular weight is 370 g/mol. The van der Waals surface area contributed by atoms with Gasteiger partial charge in [-0.25, -0.2) is 4.98 Å². The van der Waals surface area contributed by atoms with E-state index >= 15 is 0 Å². The lowest BCUT2D eigenvalue weighted by molar-refractivity contribution is -0.145. The summed E-state index contributed by atoms with van der Waals surface area (Å²) in [4.78, 5) is 48.8. The summed E-state index contributed by atoms with van der Waals surface area (Å²) in [6.07, 6.45) is 4.97. The number of carboxylic acid groups (broad SMARTS) is 1. The fourth-order valence-electron chi connectivity index (χ4n) is 3.34. The first-order valence-electron chi connectivity index (χ1n) is 8.96. The monoisotopic (exact) mass is 370 g/mol. The summed E-state index contributed by atoms with van der Waals surface area (Å²) in [6.45, 7) is 2.55. The van der Waals surface area contributed by atoms with Crippen molar-refractivity contribution in [2.45, 2.75) is 32.6 Å². The lowest BCUT2D eigenvalue weighted by Crippen LogP contribution is -2.42. The van der Waals surface area contributed by atoms with E-state index in [4.69, 9.17) is 5.11 Å². The molecule has 1 aliphatic rings. The molecule has 1 unspecified atom stereocenters. The van der Waals surface area contributed by atoms with Gasteiger partial charge in [0, 0.05) is 48.7 Å². The molecule has 2 N–H and O–H groups in total. The van der Waals surface area contributed by atoms with Gasteiger partial charge in [-0.05, 0) is 38.3 Å². The number of nitrogens with one attached hydrogen (secondary N) is 1. The van der Waals surface area contributed by atoms with Gasteiger partial charge in [-0.1, -0.05) is 0 Å². The predicted octanol–water partition coefficient (Wildman–Crippen LogP) is 1.40. The maximum atomic E-state index is 12.4. The van der Waals surface area contributed by atoms with Gasteiger partial charge in [0.25, 0.3) is 5.56 Å². The van der Waals surface area contributed by atoms with Crippen LogP contribution in [0.5, 0.6) is 0 Å². The Hall–Kier alpha value is -3.03. The maximum Gasteiger partial charge on any atom is 0.308 e. The highest BCUT2D eigenvalue weighted by molar-refractivity contribution is 5.78. The maximum absolute atomic E-state index is 12.4. The third-order valence-electron chi connectivity index (χ3n) is 4.87. The molecule has 1 atom stereocenters. The van der Waals surface area contributed by atoms with Crippen molar-refractivity contribution in [2.75, 3.05) is 13.1 Å². The van der Waals surface area contributed by atoms with Gasteiger partial charge in [0.2, 0.25) is 5.91 Å². The number of aromatic nitrogens is 3. The van der Waals surface area contributed by atoms with E-state index in [9.17, 15) is 14.4 Å². The lowest BCUT2D eigenvalue weighted by Gasteiger charge is -2.30. The minimum atomic E-state index is -0.866. The number of carbonyl (C=O) groups excluding carboxylic acids is 1. The van der Waals surface area contributed by atoms with E-state index < -0.39 is 11.9 Å². The molecular weight excluding hydrogens is 348 g/mol. The Morgan fingerprint density at radius 1 is 1.41 bits per heavy atom. The topological polar surface area (TPSA) is 116 Å². The van der Waals surface area contributed by atoms with Gasteiger partial charge in [0.15, 0.2) is 0 Å². The smallest absolute Gasteiger partial charge is 0.308 e. The van der Waals surface area contributed by atoms with Crippen LogP contribution >= 0.6 is 0 Å². The Morgan fingerprint density at radius 2 is 2.22 bits per heavy atom. The molecule has 1 amide bonds. The number of nitrogens with zero attached hydrogens (tertiary/aromatic N) is 3. The van der Waals surface area contributed by atoms with Gasteiger partial charge >= 0.3 is 5.97 Å². The van der Waals surface area contributed by atoms with E-state index in [1.165, 1.54) is 0 Å². The molecule has 0 aliphatic carbocycles. The molecule has 1 aliphatic heterocycles. The van der Waals surface area contributed by atoms with Crippen LogP contribution in [0, 0.1) is 12.8 Å². The van der Waals surface area contributed by atoms with Crippen LogP contribution in [-0.2, 0) is 16.0 Å². The molecule has 8 heteroatoms. The number of pyridine rings is 1. The second kappa shape index (κ2) is 8.11. The minimum absolute atomic E-state index is 0.129. The van der Waals surface area contributed by atoms with Crippen LogP contribution in [-0.4, -0.2) is 49.9 Å². The Morgan fingerprint density at radius 3 is 2.89 bits per heavy atom. The van der Waals surface area contributed by atoms with Gasteiger partial charge in [-0.3, -0.25) is 19.4 Å². The molecule has 27 heavy (non-hydrogen) atoms. The fourth-order valence-corrected chi connectivity index (χ4v) is 3.34. The third kappa shape index (κ3) is 4.39. The summed E-state index contributed by atoms with van der Waals surface area (Å²) >= 11 is 0.